The van der Waals surface area contributed by atoms with E-state index in [1.807, 2.05) is 60.2 Å². The van der Waals surface area contributed by atoms with Crippen LogP contribution in [0.5, 0.6) is 0 Å². The second-order valence-electron chi connectivity index (χ2n) is 6.22. The lowest BCUT2D eigenvalue weighted by atomic mass is 9.98. The van der Waals surface area contributed by atoms with Gasteiger partial charge in [0, 0.05) is 19.2 Å². The number of benzene rings is 1. The number of urea groups is 1. The molecule has 7 heteroatoms. The molecule has 1 aromatic carbocycles. The van der Waals surface area contributed by atoms with E-state index in [0.29, 0.717) is 19.7 Å². The molecule has 7 nitrogen and oxygen atoms in total. The van der Waals surface area contributed by atoms with Crippen LogP contribution in [0.1, 0.15) is 28.9 Å². The number of carbonyl (C=O) groups is 1. The summed E-state index contributed by atoms with van der Waals surface area (Å²) in [4.78, 5) is 20.6. The summed E-state index contributed by atoms with van der Waals surface area (Å²) in [6.07, 6.45) is 1.86. The van der Waals surface area contributed by atoms with Gasteiger partial charge in [-0.2, -0.15) is 10.2 Å². The topological polar surface area (TPSA) is 62.6 Å². The van der Waals surface area contributed by atoms with Gasteiger partial charge in [-0.05, 0) is 12.6 Å². The highest BCUT2D eigenvalue weighted by Crippen LogP contribution is 2.43. The monoisotopic (exact) mass is 327 g/mol. The first-order valence-corrected chi connectivity index (χ1v) is 8.13. The van der Waals surface area contributed by atoms with Gasteiger partial charge in [-0.15, -0.1) is 0 Å². The summed E-state index contributed by atoms with van der Waals surface area (Å²) < 4.78 is 1.87. The molecular weight excluding hydrogens is 306 g/mol. The van der Waals surface area contributed by atoms with Gasteiger partial charge in [0.25, 0.3) is 0 Å². The van der Waals surface area contributed by atoms with Crippen molar-refractivity contribution in [1.29, 1.82) is 0 Å². The Morgan fingerprint density at radius 1 is 1.33 bits per heavy atom. The zero-order valence-corrected chi connectivity index (χ0v) is 13.8. The molecule has 4 rings (SSSR count). The van der Waals surface area contributed by atoms with Gasteiger partial charge < -0.3 is 10.2 Å². The van der Waals surface area contributed by atoms with E-state index < -0.39 is 0 Å². The Bertz CT molecular complexity index is 745. The van der Waals surface area contributed by atoms with Crippen LogP contribution in [0.25, 0.3) is 0 Å². The number of likely N-dealkylation sites (N-methyl/N-ethyl adjacent to an activating group) is 1. The maximum Gasteiger partial charge on any atom is 0.345 e. The Labute approximate surface area is 140 Å². The summed E-state index contributed by atoms with van der Waals surface area (Å²) in [7, 11) is 3.82. The molecule has 126 valence electrons. The number of hydrogen-bond donors (Lipinski definition) is 1. The number of aryl methyl sites for hydroxylation is 1. The molecule has 0 spiro atoms. The normalized spacial score (nSPS) is 22.2. The smallest absolute Gasteiger partial charge is 0.317 e. The fourth-order valence-electron chi connectivity index (χ4n) is 3.62. The summed E-state index contributed by atoms with van der Waals surface area (Å²) in [6.45, 7) is 1.71. The third-order valence-electron chi connectivity index (χ3n) is 4.76. The van der Waals surface area contributed by atoms with Crippen LogP contribution in [0.3, 0.4) is 0 Å². The molecule has 24 heavy (non-hydrogen) atoms. The predicted octanol–water partition coefficient (Wildman–Crippen LogP) is 1.60. The first-order chi connectivity index (χ1) is 11.7. The summed E-state index contributed by atoms with van der Waals surface area (Å²) in [5, 5.41) is 9.09. The molecule has 0 saturated carbocycles. The molecule has 0 aliphatic carbocycles. The number of nitrogens with zero attached hydrogens (tertiary/aromatic N) is 4. The van der Waals surface area contributed by atoms with Crippen molar-refractivity contribution in [1.82, 2.24) is 25.1 Å². The largest absolute Gasteiger partial charge is 0.345 e. The van der Waals surface area contributed by atoms with E-state index in [4.69, 9.17) is 4.84 Å². The number of fused-ring (bicyclic) bond motifs is 4. The molecule has 2 aromatic rings. The van der Waals surface area contributed by atoms with E-state index in [-0.39, 0.29) is 18.1 Å². The van der Waals surface area contributed by atoms with Crippen LogP contribution in [-0.2, 0) is 18.5 Å². The van der Waals surface area contributed by atoms with Gasteiger partial charge in [-0.25, -0.2) is 4.79 Å². The molecule has 2 bridgehead atoms. The van der Waals surface area contributed by atoms with Crippen LogP contribution in [0.4, 0.5) is 4.79 Å². The zero-order valence-electron chi connectivity index (χ0n) is 13.8. The maximum absolute atomic E-state index is 12.8. The third-order valence-corrected chi connectivity index (χ3v) is 4.76. The lowest BCUT2D eigenvalue weighted by molar-refractivity contribution is -0.141. The quantitative estimate of drug-likeness (QED) is 0.906. The van der Waals surface area contributed by atoms with Crippen molar-refractivity contribution >= 4 is 6.03 Å². The predicted molar refractivity (Wildman–Crippen MR) is 87.8 cm³/mol. The van der Waals surface area contributed by atoms with E-state index in [0.717, 1.165) is 16.8 Å². The number of hydroxylamine groups is 2. The number of nitrogens with one attached hydrogen (secondary N) is 1. The van der Waals surface area contributed by atoms with Crippen molar-refractivity contribution in [2.75, 3.05) is 20.1 Å². The van der Waals surface area contributed by atoms with Crippen molar-refractivity contribution in [3.8, 4) is 0 Å². The Morgan fingerprint density at radius 3 is 2.88 bits per heavy atom. The molecule has 1 N–H and O–H groups in total. The standard InChI is InChI=1S/C17H21N5O2/c1-18-9-14-16-13(8-19-20(16)2)15-10-21(14)17(23)22(15)24-11-12-6-4-3-5-7-12/h3-8,14-15,18H,9-11H2,1-2H3. The van der Waals surface area contributed by atoms with Crippen LogP contribution in [0.2, 0.25) is 0 Å². The van der Waals surface area contributed by atoms with Gasteiger partial charge in [0.2, 0.25) is 0 Å². The van der Waals surface area contributed by atoms with Crippen molar-refractivity contribution in [2.24, 2.45) is 7.05 Å². The van der Waals surface area contributed by atoms with Crippen molar-refractivity contribution < 1.29 is 9.63 Å². The zero-order chi connectivity index (χ0) is 16.7. The molecule has 1 fully saturated rings. The first-order valence-electron chi connectivity index (χ1n) is 8.13. The van der Waals surface area contributed by atoms with Crippen LogP contribution in [0, 0.1) is 0 Å². The highest BCUT2D eigenvalue weighted by molar-refractivity contribution is 5.78. The summed E-state index contributed by atoms with van der Waals surface area (Å²) in [5.41, 5.74) is 3.20. The number of amides is 2. The highest BCUT2D eigenvalue weighted by atomic mass is 16.7. The molecule has 1 aromatic heterocycles. The third kappa shape index (κ3) is 2.28. The molecule has 2 unspecified atom stereocenters. The SMILES string of the molecule is CNCC1c2c(cnn2C)C2CN1C(=O)N2OCc1ccccc1. The van der Waals surface area contributed by atoms with Crippen LogP contribution < -0.4 is 5.32 Å². The summed E-state index contributed by atoms with van der Waals surface area (Å²) in [6, 6.07) is 9.69. The average molecular weight is 327 g/mol. The van der Waals surface area contributed by atoms with E-state index in [2.05, 4.69) is 10.4 Å². The molecule has 2 aliphatic rings. The molecule has 2 atom stereocenters. The van der Waals surface area contributed by atoms with E-state index in [1.54, 1.807) is 0 Å². The number of rotatable bonds is 5. The lowest BCUT2D eigenvalue weighted by Crippen LogP contribution is -2.39. The Balaban J connectivity index is 1.61. The van der Waals surface area contributed by atoms with E-state index in [1.165, 1.54) is 5.06 Å². The summed E-state index contributed by atoms with van der Waals surface area (Å²) >= 11 is 0. The molecule has 0 radical (unpaired) electrons. The highest BCUT2D eigenvalue weighted by Gasteiger charge is 2.49. The first kappa shape index (κ1) is 15.2. The Morgan fingerprint density at radius 2 is 2.12 bits per heavy atom. The van der Waals surface area contributed by atoms with Crippen molar-refractivity contribution in [2.45, 2.75) is 18.7 Å². The van der Waals surface area contributed by atoms with Crippen LogP contribution in [-0.4, -0.2) is 45.9 Å². The maximum atomic E-state index is 12.8. The van der Waals surface area contributed by atoms with Gasteiger partial charge >= 0.3 is 6.03 Å². The molecule has 2 aliphatic heterocycles. The average Bonchev–Trinajstić information content (AvgIpc) is 3.11. The second kappa shape index (κ2) is 5.92. The van der Waals surface area contributed by atoms with E-state index >= 15 is 0 Å². The molecule has 1 saturated heterocycles. The number of aromatic nitrogens is 2. The molecule has 3 heterocycles. The number of hydrogen-bond acceptors (Lipinski definition) is 4. The fourth-order valence-corrected chi connectivity index (χ4v) is 3.62. The van der Waals surface area contributed by atoms with E-state index in [9.17, 15) is 4.79 Å². The summed E-state index contributed by atoms with van der Waals surface area (Å²) in [5.74, 6) is 0. The Hall–Kier alpha value is -2.38. The second-order valence-corrected chi connectivity index (χ2v) is 6.22. The van der Waals surface area contributed by atoms with Crippen molar-refractivity contribution in [3.63, 3.8) is 0 Å². The van der Waals surface area contributed by atoms with Crippen LogP contribution >= 0.6 is 0 Å². The van der Waals surface area contributed by atoms with Crippen LogP contribution in [0.15, 0.2) is 36.5 Å². The minimum atomic E-state index is -0.0991. The van der Waals surface area contributed by atoms with Crippen molar-refractivity contribution in [3.05, 3.63) is 53.3 Å². The lowest BCUT2D eigenvalue weighted by Gasteiger charge is -2.31. The van der Waals surface area contributed by atoms with Gasteiger partial charge in [-0.3, -0.25) is 9.52 Å². The van der Waals surface area contributed by atoms with Gasteiger partial charge in [0.05, 0.1) is 24.5 Å². The van der Waals surface area contributed by atoms with Gasteiger partial charge in [-0.1, -0.05) is 30.3 Å². The minimum Gasteiger partial charge on any atom is -0.317 e. The number of carbonyl (C=O) groups excluding carboxylic acids is 1. The molecular formula is C17H21N5O2. The minimum absolute atomic E-state index is 0.0217. The Kier molecular flexibility index (Phi) is 3.74. The van der Waals surface area contributed by atoms with Gasteiger partial charge in [0.1, 0.15) is 12.6 Å². The molecule has 2 amide bonds. The van der Waals surface area contributed by atoms with Gasteiger partial charge in [0.15, 0.2) is 0 Å². The fraction of sp³-hybridized carbons (Fsp3) is 0.412.